The predicted octanol–water partition coefficient (Wildman–Crippen LogP) is 2.38. The molecule has 1 aromatic carbocycles. The maximum absolute atomic E-state index is 12.9. The van der Waals surface area contributed by atoms with E-state index in [0.717, 1.165) is 17.7 Å². The number of hydrogen-bond donors (Lipinski definition) is 1. The van der Waals surface area contributed by atoms with Gasteiger partial charge < -0.3 is 5.32 Å². The Balaban J connectivity index is 1.26. The average Bonchev–Trinajstić information content (AvgIpc) is 3.41. The standard InChI is InChI=1S/C21H22N2O3/c1-11-4-2-3-5-16(11)22-17(24)8-9-23-20(25)18-12-6-7-13(15-10-14(12)15)19(18)21(23)26/h2-7,12-15,18-19H,8-10H2,1H3,(H,22,24). The molecule has 1 saturated heterocycles. The molecular weight excluding hydrogens is 328 g/mol. The summed E-state index contributed by atoms with van der Waals surface area (Å²) >= 11 is 0. The molecular formula is C21H22N2O3. The van der Waals surface area contributed by atoms with E-state index in [4.69, 9.17) is 0 Å². The van der Waals surface area contributed by atoms with Crippen LogP contribution >= 0.6 is 0 Å². The van der Waals surface area contributed by atoms with Gasteiger partial charge in [-0.05, 0) is 48.6 Å². The first-order valence-electron chi connectivity index (χ1n) is 9.45. The van der Waals surface area contributed by atoms with Gasteiger partial charge in [-0.1, -0.05) is 30.4 Å². The van der Waals surface area contributed by atoms with Crippen LogP contribution in [0, 0.1) is 42.4 Å². The fourth-order valence-corrected chi connectivity index (χ4v) is 5.38. The number of nitrogens with one attached hydrogen (secondary N) is 1. The molecule has 6 rings (SSSR count). The van der Waals surface area contributed by atoms with Crippen LogP contribution in [0.3, 0.4) is 0 Å². The maximum atomic E-state index is 12.9. The summed E-state index contributed by atoms with van der Waals surface area (Å²) < 4.78 is 0. The average molecular weight is 350 g/mol. The fourth-order valence-electron chi connectivity index (χ4n) is 5.38. The van der Waals surface area contributed by atoms with Gasteiger partial charge in [0.25, 0.3) is 0 Å². The molecule has 26 heavy (non-hydrogen) atoms. The van der Waals surface area contributed by atoms with E-state index in [0.29, 0.717) is 11.8 Å². The SMILES string of the molecule is Cc1ccccc1NC(=O)CCN1C(=O)C2C3C=CC(C4CC34)C2C1=O. The van der Waals surface area contributed by atoms with Gasteiger partial charge in [0.2, 0.25) is 17.7 Å². The largest absolute Gasteiger partial charge is 0.326 e. The molecule has 2 bridgehead atoms. The van der Waals surface area contributed by atoms with E-state index in [1.807, 2.05) is 31.2 Å². The number of hydrogen-bond acceptors (Lipinski definition) is 3. The van der Waals surface area contributed by atoms with Crippen molar-refractivity contribution in [1.82, 2.24) is 4.90 Å². The van der Waals surface area contributed by atoms with Gasteiger partial charge in [0, 0.05) is 18.7 Å². The molecule has 0 spiro atoms. The number of rotatable bonds is 4. The minimum absolute atomic E-state index is 0.0617. The van der Waals surface area contributed by atoms with Crippen molar-refractivity contribution in [3.63, 3.8) is 0 Å². The van der Waals surface area contributed by atoms with Crippen LogP contribution in [0.5, 0.6) is 0 Å². The number of carbonyl (C=O) groups excluding carboxylic acids is 3. The van der Waals surface area contributed by atoms with Crippen molar-refractivity contribution < 1.29 is 14.4 Å². The van der Waals surface area contributed by atoms with Crippen molar-refractivity contribution in [2.24, 2.45) is 35.5 Å². The molecule has 3 amide bonds. The molecule has 1 aromatic rings. The number of amides is 3. The molecule has 0 radical (unpaired) electrons. The second kappa shape index (κ2) is 5.53. The first-order chi connectivity index (χ1) is 12.6. The number of anilines is 1. The minimum Gasteiger partial charge on any atom is -0.326 e. The summed E-state index contributed by atoms with van der Waals surface area (Å²) in [4.78, 5) is 39.4. The third-order valence-electron chi connectivity index (χ3n) is 6.74. The summed E-state index contributed by atoms with van der Waals surface area (Å²) in [6, 6.07) is 7.57. The van der Waals surface area contributed by atoms with Crippen LogP contribution in [-0.2, 0) is 14.4 Å². The molecule has 1 heterocycles. The van der Waals surface area contributed by atoms with E-state index in [1.54, 1.807) is 0 Å². The van der Waals surface area contributed by atoms with E-state index in [2.05, 4.69) is 17.5 Å². The molecule has 134 valence electrons. The van der Waals surface area contributed by atoms with Gasteiger partial charge in [0.1, 0.15) is 0 Å². The van der Waals surface area contributed by atoms with Crippen molar-refractivity contribution in [3.05, 3.63) is 42.0 Å². The molecule has 5 nitrogen and oxygen atoms in total. The summed E-state index contributed by atoms with van der Waals surface area (Å²) in [5, 5.41) is 2.87. The number of imide groups is 1. The maximum Gasteiger partial charge on any atom is 0.233 e. The second-order valence-corrected chi connectivity index (χ2v) is 8.10. The number of nitrogens with zero attached hydrogens (tertiary/aromatic N) is 1. The summed E-state index contributed by atoms with van der Waals surface area (Å²) in [7, 11) is 0. The summed E-state index contributed by atoms with van der Waals surface area (Å²) in [6.07, 6.45) is 5.63. The molecule has 1 aliphatic heterocycles. The summed E-state index contributed by atoms with van der Waals surface area (Å²) in [5.74, 6) is 1.02. The minimum atomic E-state index is -0.180. The molecule has 1 N–H and O–H groups in total. The van der Waals surface area contributed by atoms with Crippen LogP contribution in [0.15, 0.2) is 36.4 Å². The predicted molar refractivity (Wildman–Crippen MR) is 95.8 cm³/mol. The van der Waals surface area contributed by atoms with Crippen LogP contribution in [-0.4, -0.2) is 29.2 Å². The molecule has 4 aliphatic carbocycles. The van der Waals surface area contributed by atoms with Gasteiger partial charge in [-0.2, -0.15) is 0 Å². The zero-order valence-corrected chi connectivity index (χ0v) is 14.7. The number of allylic oxidation sites excluding steroid dienone is 2. The number of likely N-dealkylation sites (tertiary alicyclic amines) is 1. The zero-order chi connectivity index (χ0) is 18.0. The van der Waals surface area contributed by atoms with Crippen LogP contribution in [0.2, 0.25) is 0 Å². The van der Waals surface area contributed by atoms with Gasteiger partial charge in [0.15, 0.2) is 0 Å². The molecule has 6 atom stereocenters. The molecule has 5 heteroatoms. The van der Waals surface area contributed by atoms with Crippen molar-refractivity contribution >= 4 is 23.4 Å². The van der Waals surface area contributed by atoms with Gasteiger partial charge in [-0.25, -0.2) is 0 Å². The Morgan fingerprint density at radius 3 is 2.31 bits per heavy atom. The van der Waals surface area contributed by atoms with Gasteiger partial charge in [-0.3, -0.25) is 19.3 Å². The van der Waals surface area contributed by atoms with E-state index < -0.39 is 0 Å². The third kappa shape index (κ3) is 2.19. The first kappa shape index (κ1) is 15.8. The highest BCUT2D eigenvalue weighted by molar-refractivity contribution is 6.06. The quantitative estimate of drug-likeness (QED) is 0.670. The number of carbonyl (C=O) groups is 3. The Bertz CT molecular complexity index is 809. The summed E-state index contributed by atoms with van der Waals surface area (Å²) in [5.41, 5.74) is 1.76. The van der Waals surface area contributed by atoms with E-state index in [-0.39, 0.29) is 54.4 Å². The third-order valence-corrected chi connectivity index (χ3v) is 6.74. The lowest BCUT2D eigenvalue weighted by Crippen LogP contribution is -2.40. The van der Waals surface area contributed by atoms with Gasteiger partial charge in [-0.15, -0.1) is 0 Å². The Morgan fingerprint density at radius 1 is 1.08 bits per heavy atom. The summed E-state index contributed by atoms with van der Waals surface area (Å²) in [6.45, 7) is 2.11. The highest BCUT2D eigenvalue weighted by Crippen LogP contribution is 2.65. The highest BCUT2D eigenvalue weighted by Gasteiger charge is 2.66. The van der Waals surface area contributed by atoms with Crippen molar-refractivity contribution in [2.75, 3.05) is 11.9 Å². The van der Waals surface area contributed by atoms with Crippen molar-refractivity contribution in [3.8, 4) is 0 Å². The Kier molecular flexibility index (Phi) is 3.36. The fraction of sp³-hybridized carbons (Fsp3) is 0.476. The lowest BCUT2D eigenvalue weighted by atomic mass is 9.63. The Morgan fingerprint density at radius 2 is 1.69 bits per heavy atom. The van der Waals surface area contributed by atoms with Crippen molar-refractivity contribution in [2.45, 2.75) is 19.8 Å². The van der Waals surface area contributed by atoms with Gasteiger partial charge >= 0.3 is 0 Å². The van der Waals surface area contributed by atoms with E-state index in [9.17, 15) is 14.4 Å². The van der Waals surface area contributed by atoms with Gasteiger partial charge in [0.05, 0.1) is 11.8 Å². The van der Waals surface area contributed by atoms with E-state index in [1.165, 1.54) is 4.90 Å². The van der Waals surface area contributed by atoms with Crippen molar-refractivity contribution in [1.29, 1.82) is 0 Å². The second-order valence-electron chi connectivity index (χ2n) is 8.10. The Labute approximate surface area is 152 Å². The lowest BCUT2D eigenvalue weighted by molar-refractivity contribution is -0.140. The normalized spacial score (nSPS) is 36.1. The molecule has 3 fully saturated rings. The molecule has 5 aliphatic rings. The van der Waals surface area contributed by atoms with Crippen LogP contribution in [0.4, 0.5) is 5.69 Å². The number of para-hydroxylation sites is 1. The van der Waals surface area contributed by atoms with Crippen LogP contribution < -0.4 is 5.32 Å². The lowest BCUT2D eigenvalue weighted by Gasteiger charge is -2.37. The zero-order valence-electron chi connectivity index (χ0n) is 14.7. The molecule has 6 unspecified atom stereocenters. The highest BCUT2D eigenvalue weighted by atomic mass is 16.2. The molecule has 2 saturated carbocycles. The van der Waals surface area contributed by atoms with Crippen LogP contribution in [0.1, 0.15) is 18.4 Å². The number of aryl methyl sites for hydroxylation is 1. The molecule has 0 aromatic heterocycles. The first-order valence-corrected chi connectivity index (χ1v) is 9.45. The van der Waals surface area contributed by atoms with E-state index >= 15 is 0 Å². The number of benzene rings is 1. The van der Waals surface area contributed by atoms with Crippen LogP contribution in [0.25, 0.3) is 0 Å². The Hall–Kier alpha value is -2.43. The topological polar surface area (TPSA) is 66.5 Å². The smallest absolute Gasteiger partial charge is 0.233 e. The monoisotopic (exact) mass is 350 g/mol.